The number of hydrogen-bond donors (Lipinski definition) is 1. The molecule has 2 aliphatic rings. The Morgan fingerprint density at radius 3 is 2.31 bits per heavy atom. The van der Waals surface area contributed by atoms with Crippen LogP contribution in [0.25, 0.3) is 0 Å². The zero-order chi connectivity index (χ0) is 22.2. The molecule has 2 unspecified atom stereocenters. The van der Waals surface area contributed by atoms with E-state index in [-0.39, 0.29) is 12.5 Å². The molecule has 0 aromatic heterocycles. The summed E-state index contributed by atoms with van der Waals surface area (Å²) in [5.74, 6) is 1.31. The zero-order valence-electron chi connectivity index (χ0n) is 18.3. The van der Waals surface area contributed by atoms with Crippen molar-refractivity contribution >= 4 is 12.2 Å². The number of hydrogen-bond acceptors (Lipinski definition) is 3. The molecule has 0 amide bonds. The van der Waals surface area contributed by atoms with E-state index in [2.05, 4.69) is 53.7 Å². The van der Waals surface area contributed by atoms with E-state index in [1.165, 1.54) is 6.42 Å². The lowest BCUT2D eigenvalue weighted by molar-refractivity contribution is -0.137. The molecule has 2 aromatic carbocycles. The lowest BCUT2D eigenvalue weighted by atomic mass is 9.81. The first kappa shape index (κ1) is 22.1. The maximum absolute atomic E-state index is 10.6. The molecular weight excluding hydrogens is 398 g/mol. The summed E-state index contributed by atoms with van der Waals surface area (Å²) in [7, 11) is 0. The van der Waals surface area contributed by atoms with E-state index in [0.717, 1.165) is 24.0 Å². The van der Waals surface area contributed by atoms with Gasteiger partial charge in [0.15, 0.2) is 6.10 Å². The van der Waals surface area contributed by atoms with Crippen molar-refractivity contribution in [2.24, 2.45) is 28.8 Å². The summed E-state index contributed by atoms with van der Waals surface area (Å²) < 4.78 is 0. The molecule has 0 radical (unpaired) electrons. The second kappa shape index (κ2) is 10.9. The van der Waals surface area contributed by atoms with Crippen LogP contribution < -0.4 is 0 Å². The highest BCUT2D eigenvalue weighted by atomic mass is 16.6. The van der Waals surface area contributed by atoms with E-state index >= 15 is 0 Å². The summed E-state index contributed by atoms with van der Waals surface area (Å²) in [5, 5.41) is 13.3. The molecular formula is C28H31NO3. The van der Waals surface area contributed by atoms with E-state index in [4.69, 9.17) is 9.94 Å². The summed E-state index contributed by atoms with van der Waals surface area (Å²) in [5.41, 5.74) is 2.18. The summed E-state index contributed by atoms with van der Waals surface area (Å²) >= 11 is 0. The zero-order valence-corrected chi connectivity index (χ0v) is 18.3. The minimum absolute atomic E-state index is 0.227. The maximum Gasteiger partial charge on any atom is 0.303 e. The van der Waals surface area contributed by atoms with Gasteiger partial charge < -0.3 is 9.94 Å². The Morgan fingerprint density at radius 2 is 1.66 bits per heavy atom. The molecule has 4 heteroatoms. The van der Waals surface area contributed by atoms with Crippen LogP contribution >= 0.6 is 0 Å². The van der Waals surface area contributed by atoms with Gasteiger partial charge in [0.25, 0.3) is 0 Å². The number of carboxylic acids is 1. The molecule has 1 saturated carbocycles. The van der Waals surface area contributed by atoms with Gasteiger partial charge in [-0.15, -0.1) is 0 Å². The molecule has 2 aromatic rings. The van der Waals surface area contributed by atoms with Gasteiger partial charge in [-0.2, -0.15) is 0 Å². The molecule has 1 N–H and O–H groups in total. The van der Waals surface area contributed by atoms with Gasteiger partial charge in [0, 0.05) is 18.6 Å². The van der Waals surface area contributed by atoms with Crippen LogP contribution in [0.4, 0.5) is 0 Å². The SMILES string of the molecule is O=C(O)CCCC=CC[C@H]1C2C=CC(C2)[C@@H]1C=NOC(c1ccccc1)c1ccccc1. The third-order valence-electron chi connectivity index (χ3n) is 6.63. The number of oxime groups is 1. The third-order valence-corrected chi connectivity index (χ3v) is 6.63. The molecule has 32 heavy (non-hydrogen) atoms. The molecule has 0 saturated heterocycles. The van der Waals surface area contributed by atoms with Crippen molar-refractivity contribution < 1.29 is 14.7 Å². The minimum atomic E-state index is -0.725. The smallest absolute Gasteiger partial charge is 0.303 e. The number of nitrogens with zero attached hydrogens (tertiary/aromatic N) is 1. The number of carboxylic acid groups (broad SMARTS) is 1. The highest BCUT2D eigenvalue weighted by molar-refractivity contribution is 5.66. The quantitative estimate of drug-likeness (QED) is 0.194. The first-order valence-corrected chi connectivity index (χ1v) is 11.6. The van der Waals surface area contributed by atoms with Gasteiger partial charge in [0.2, 0.25) is 0 Å². The van der Waals surface area contributed by atoms with Crippen LogP contribution in [0, 0.1) is 23.7 Å². The largest absolute Gasteiger partial charge is 0.481 e. The first-order valence-electron chi connectivity index (χ1n) is 11.6. The van der Waals surface area contributed by atoms with Gasteiger partial charge in [-0.05, 0) is 54.6 Å². The van der Waals surface area contributed by atoms with Crippen molar-refractivity contribution in [3.05, 3.63) is 96.1 Å². The second-order valence-electron chi connectivity index (χ2n) is 8.74. The fraction of sp³-hybridized carbons (Fsp3) is 0.357. The van der Waals surface area contributed by atoms with Crippen molar-refractivity contribution in [2.75, 3.05) is 0 Å². The molecule has 4 nitrogen and oxygen atoms in total. The highest BCUT2D eigenvalue weighted by Crippen LogP contribution is 2.48. The summed E-state index contributed by atoms with van der Waals surface area (Å²) in [6, 6.07) is 20.4. The van der Waals surface area contributed by atoms with Gasteiger partial charge in [0.1, 0.15) is 0 Å². The molecule has 0 spiro atoms. The van der Waals surface area contributed by atoms with Crippen molar-refractivity contribution in [3.8, 4) is 0 Å². The Morgan fingerprint density at radius 1 is 1.00 bits per heavy atom. The molecule has 166 valence electrons. The first-order chi connectivity index (χ1) is 15.7. The minimum Gasteiger partial charge on any atom is -0.481 e. The van der Waals surface area contributed by atoms with Crippen LogP contribution in [0.2, 0.25) is 0 Å². The molecule has 4 atom stereocenters. The molecule has 4 rings (SSSR count). The number of benzene rings is 2. The van der Waals surface area contributed by atoms with Crippen molar-refractivity contribution in [1.82, 2.24) is 0 Å². The van der Waals surface area contributed by atoms with Crippen LogP contribution in [0.5, 0.6) is 0 Å². The standard InChI is InChI=1S/C28H31NO3/c30-27(31)16-10-2-1-9-15-25-23-17-18-24(19-23)26(25)20-29-32-28(21-11-5-3-6-12-21)22-13-7-4-8-14-22/h1,3-9,11-14,17-18,20,23-26,28H,2,10,15-16,19H2,(H,30,31)/t23?,24?,25-,26-/m0/s1. The normalized spacial score (nSPS) is 24.2. The third kappa shape index (κ3) is 5.56. The van der Waals surface area contributed by atoms with E-state index in [1.807, 2.05) is 42.6 Å². The van der Waals surface area contributed by atoms with Crippen LogP contribution in [0.3, 0.4) is 0 Å². The van der Waals surface area contributed by atoms with Gasteiger partial charge in [0.05, 0.1) is 0 Å². The summed E-state index contributed by atoms with van der Waals surface area (Å²) in [6.45, 7) is 0. The Labute approximate surface area is 190 Å². The van der Waals surface area contributed by atoms with Gasteiger partial charge in [-0.3, -0.25) is 4.79 Å². The fourth-order valence-electron chi connectivity index (χ4n) is 4.99. The summed E-state index contributed by atoms with van der Waals surface area (Å²) in [4.78, 5) is 16.7. The van der Waals surface area contributed by atoms with Gasteiger partial charge in [-0.25, -0.2) is 0 Å². The van der Waals surface area contributed by atoms with E-state index in [0.29, 0.717) is 30.1 Å². The Bertz CT molecular complexity index is 912. The average molecular weight is 430 g/mol. The summed E-state index contributed by atoms with van der Waals surface area (Å²) in [6.07, 6.45) is 14.8. The molecule has 1 fully saturated rings. The van der Waals surface area contributed by atoms with Gasteiger partial charge >= 0.3 is 5.97 Å². The van der Waals surface area contributed by atoms with Crippen LogP contribution in [-0.2, 0) is 9.63 Å². The topological polar surface area (TPSA) is 58.9 Å². The Balaban J connectivity index is 1.39. The number of unbranched alkanes of at least 4 members (excludes halogenated alkanes) is 1. The lowest BCUT2D eigenvalue weighted by Crippen LogP contribution is -2.20. The monoisotopic (exact) mass is 429 g/mol. The fourth-order valence-corrected chi connectivity index (χ4v) is 4.99. The number of aliphatic carboxylic acids is 1. The number of fused-ring (bicyclic) bond motifs is 2. The van der Waals surface area contributed by atoms with Gasteiger partial charge in [-0.1, -0.05) is 90.1 Å². The molecule has 0 heterocycles. The van der Waals surface area contributed by atoms with Crippen LogP contribution in [0.15, 0.2) is 90.1 Å². The highest BCUT2D eigenvalue weighted by Gasteiger charge is 2.43. The Hall–Kier alpha value is -3.14. The average Bonchev–Trinajstić information content (AvgIpc) is 3.42. The molecule has 0 aliphatic heterocycles. The van der Waals surface area contributed by atoms with E-state index in [1.54, 1.807) is 0 Å². The van der Waals surface area contributed by atoms with Crippen molar-refractivity contribution in [3.63, 3.8) is 0 Å². The van der Waals surface area contributed by atoms with Crippen LogP contribution in [-0.4, -0.2) is 17.3 Å². The maximum atomic E-state index is 10.6. The number of allylic oxidation sites excluding steroid dienone is 4. The van der Waals surface area contributed by atoms with E-state index in [9.17, 15) is 4.79 Å². The van der Waals surface area contributed by atoms with Crippen molar-refractivity contribution in [1.29, 1.82) is 0 Å². The predicted molar refractivity (Wildman–Crippen MR) is 127 cm³/mol. The predicted octanol–water partition coefficient (Wildman–Crippen LogP) is 6.42. The molecule has 2 bridgehead atoms. The van der Waals surface area contributed by atoms with Crippen molar-refractivity contribution in [2.45, 2.75) is 38.2 Å². The number of carbonyl (C=O) groups is 1. The lowest BCUT2D eigenvalue weighted by Gasteiger charge is -2.24. The second-order valence-corrected chi connectivity index (χ2v) is 8.74. The molecule has 2 aliphatic carbocycles. The number of rotatable bonds is 11. The Kier molecular flexibility index (Phi) is 7.55. The van der Waals surface area contributed by atoms with Crippen LogP contribution in [0.1, 0.15) is 49.3 Å². The van der Waals surface area contributed by atoms with E-state index < -0.39 is 5.97 Å².